The highest BCUT2D eigenvalue weighted by Crippen LogP contribution is 2.23. The van der Waals surface area contributed by atoms with E-state index in [4.69, 9.17) is 5.11 Å². The number of halogens is 1. The van der Waals surface area contributed by atoms with Gasteiger partial charge in [-0.1, -0.05) is 55.5 Å². The summed E-state index contributed by atoms with van der Waals surface area (Å²) < 4.78 is 0.310. The number of hydrogen-bond donors (Lipinski definition) is 1. The molecular formula is C10H21BrO. The average molecular weight is 237 g/mol. The molecule has 12 heavy (non-hydrogen) atoms. The fraction of sp³-hybridized carbons (Fsp3) is 1.00. The molecule has 0 fully saturated rings. The van der Waals surface area contributed by atoms with Gasteiger partial charge in [-0.05, 0) is 12.8 Å². The molecule has 0 amide bonds. The largest absolute Gasteiger partial charge is 0.396 e. The van der Waals surface area contributed by atoms with Gasteiger partial charge in [-0.3, -0.25) is 0 Å². The molecule has 0 aromatic heterocycles. The zero-order chi connectivity index (χ0) is 9.45. The molecule has 0 radical (unpaired) electrons. The third-order valence-corrected chi connectivity index (χ3v) is 2.33. The zero-order valence-corrected chi connectivity index (χ0v) is 9.86. The van der Waals surface area contributed by atoms with Gasteiger partial charge in [0.25, 0.3) is 0 Å². The van der Waals surface area contributed by atoms with E-state index < -0.39 is 0 Å². The van der Waals surface area contributed by atoms with Crippen LogP contribution in [0.3, 0.4) is 0 Å². The first kappa shape index (κ1) is 12.4. The summed E-state index contributed by atoms with van der Waals surface area (Å²) in [6, 6.07) is 0. The van der Waals surface area contributed by atoms with Crippen molar-refractivity contribution in [3.8, 4) is 0 Å². The maximum absolute atomic E-state index is 8.54. The van der Waals surface area contributed by atoms with Gasteiger partial charge in [0.1, 0.15) is 0 Å². The minimum absolute atomic E-state index is 0.310. The van der Waals surface area contributed by atoms with Gasteiger partial charge >= 0.3 is 0 Å². The quantitative estimate of drug-likeness (QED) is 0.530. The Balaban J connectivity index is 3.01. The molecule has 0 aromatic carbocycles. The molecule has 0 saturated heterocycles. The maximum Gasteiger partial charge on any atom is 0.0431 e. The van der Waals surface area contributed by atoms with Crippen molar-refractivity contribution in [3.05, 3.63) is 0 Å². The van der Waals surface area contributed by atoms with E-state index in [2.05, 4.69) is 29.8 Å². The number of alkyl halides is 1. The van der Waals surface area contributed by atoms with Crippen LogP contribution in [0.15, 0.2) is 0 Å². The lowest BCUT2D eigenvalue weighted by Gasteiger charge is -2.14. The van der Waals surface area contributed by atoms with E-state index in [1.807, 2.05) is 0 Å². The Morgan fingerprint density at radius 3 is 2.00 bits per heavy atom. The van der Waals surface area contributed by atoms with Crippen LogP contribution in [-0.2, 0) is 0 Å². The molecule has 1 N–H and O–H groups in total. The van der Waals surface area contributed by atoms with E-state index in [0.717, 1.165) is 6.42 Å². The van der Waals surface area contributed by atoms with Gasteiger partial charge in [0.2, 0.25) is 0 Å². The number of unbranched alkanes of at least 4 members (excludes halogenated alkanes) is 4. The minimum atomic E-state index is 0.310. The Labute approximate surface area is 84.7 Å². The monoisotopic (exact) mass is 236 g/mol. The van der Waals surface area contributed by atoms with Crippen LogP contribution in [0.2, 0.25) is 0 Å². The Bertz CT molecular complexity index is 96.5. The molecule has 74 valence electrons. The van der Waals surface area contributed by atoms with E-state index in [-0.39, 0.29) is 0 Å². The minimum Gasteiger partial charge on any atom is -0.396 e. The topological polar surface area (TPSA) is 20.2 Å². The van der Waals surface area contributed by atoms with Gasteiger partial charge < -0.3 is 5.11 Å². The van der Waals surface area contributed by atoms with Crippen molar-refractivity contribution >= 4 is 15.9 Å². The van der Waals surface area contributed by atoms with Crippen molar-refractivity contribution in [2.45, 2.75) is 56.7 Å². The number of hydrogen-bond acceptors (Lipinski definition) is 1. The lowest BCUT2D eigenvalue weighted by atomic mass is 10.0. The first-order chi connectivity index (χ1) is 5.56. The van der Waals surface area contributed by atoms with E-state index in [0.29, 0.717) is 10.9 Å². The van der Waals surface area contributed by atoms with Crippen LogP contribution in [-0.4, -0.2) is 16.0 Å². The molecule has 0 unspecified atom stereocenters. The van der Waals surface area contributed by atoms with Gasteiger partial charge in [-0.2, -0.15) is 0 Å². The van der Waals surface area contributed by atoms with Gasteiger partial charge in [0, 0.05) is 10.9 Å². The first-order valence-corrected chi connectivity index (χ1v) is 5.65. The molecule has 0 aliphatic heterocycles. The molecule has 2 heteroatoms. The molecule has 0 aromatic rings. The van der Waals surface area contributed by atoms with Crippen LogP contribution in [0, 0.1) is 0 Å². The van der Waals surface area contributed by atoms with Crippen molar-refractivity contribution < 1.29 is 5.11 Å². The highest BCUT2D eigenvalue weighted by Gasteiger charge is 2.10. The molecule has 1 nitrogen and oxygen atoms in total. The van der Waals surface area contributed by atoms with Gasteiger partial charge in [-0.15, -0.1) is 0 Å². The molecular weight excluding hydrogens is 216 g/mol. The van der Waals surface area contributed by atoms with Crippen LogP contribution in [0.5, 0.6) is 0 Å². The highest BCUT2D eigenvalue weighted by atomic mass is 79.9. The highest BCUT2D eigenvalue weighted by molar-refractivity contribution is 9.10. The van der Waals surface area contributed by atoms with Crippen molar-refractivity contribution in [2.24, 2.45) is 0 Å². The first-order valence-electron chi connectivity index (χ1n) is 4.86. The summed E-state index contributed by atoms with van der Waals surface area (Å²) >= 11 is 3.62. The molecule has 0 heterocycles. The normalized spacial score (nSPS) is 12.0. The third-order valence-electron chi connectivity index (χ3n) is 1.93. The lowest BCUT2D eigenvalue weighted by Crippen LogP contribution is -2.08. The number of rotatable bonds is 7. The Morgan fingerprint density at radius 1 is 1.00 bits per heavy atom. The third kappa shape index (κ3) is 10.4. The second-order valence-electron chi connectivity index (χ2n) is 3.96. The van der Waals surface area contributed by atoms with Gasteiger partial charge in [0.05, 0.1) is 0 Å². The summed E-state index contributed by atoms with van der Waals surface area (Å²) in [4.78, 5) is 0. The fourth-order valence-electron chi connectivity index (χ4n) is 1.19. The maximum atomic E-state index is 8.54. The van der Waals surface area contributed by atoms with Crippen molar-refractivity contribution in [3.63, 3.8) is 0 Å². The van der Waals surface area contributed by atoms with E-state index in [1.54, 1.807) is 0 Å². The predicted octanol–water partition coefficient (Wildman–Crippen LogP) is 3.49. The second-order valence-corrected chi connectivity index (χ2v) is 6.11. The summed E-state index contributed by atoms with van der Waals surface area (Å²) in [6.07, 6.45) is 7.26. The van der Waals surface area contributed by atoms with Crippen molar-refractivity contribution in [1.82, 2.24) is 0 Å². The van der Waals surface area contributed by atoms with Crippen molar-refractivity contribution in [2.75, 3.05) is 6.61 Å². The molecule has 0 atom stereocenters. The predicted molar refractivity (Wildman–Crippen MR) is 57.8 cm³/mol. The average Bonchev–Trinajstić information content (AvgIpc) is 1.94. The molecule has 0 aliphatic carbocycles. The summed E-state index contributed by atoms with van der Waals surface area (Å²) in [5.41, 5.74) is 0. The summed E-state index contributed by atoms with van der Waals surface area (Å²) in [6.45, 7) is 4.77. The van der Waals surface area contributed by atoms with Crippen LogP contribution >= 0.6 is 15.9 Å². The Hall–Kier alpha value is 0.440. The Kier molecular flexibility index (Phi) is 7.16. The molecule has 0 rings (SSSR count). The molecule has 0 saturated carbocycles. The SMILES string of the molecule is CC(C)(Br)CCCCCCCO. The summed E-state index contributed by atoms with van der Waals surface area (Å²) in [5, 5.41) is 8.54. The van der Waals surface area contributed by atoms with Gasteiger partial charge in [-0.25, -0.2) is 0 Å². The standard InChI is InChI=1S/C10H21BrO/c1-10(2,11)8-6-4-3-5-7-9-12/h12H,3-9H2,1-2H3. The fourth-order valence-corrected chi connectivity index (χ4v) is 1.47. The molecule has 0 spiro atoms. The van der Waals surface area contributed by atoms with E-state index in [9.17, 15) is 0 Å². The van der Waals surface area contributed by atoms with Crippen LogP contribution < -0.4 is 0 Å². The second kappa shape index (κ2) is 6.90. The number of aliphatic hydroxyl groups excluding tert-OH is 1. The van der Waals surface area contributed by atoms with E-state index >= 15 is 0 Å². The Morgan fingerprint density at radius 2 is 1.50 bits per heavy atom. The van der Waals surface area contributed by atoms with Crippen LogP contribution in [0.4, 0.5) is 0 Å². The summed E-state index contributed by atoms with van der Waals surface area (Å²) in [7, 11) is 0. The molecule has 0 aliphatic rings. The zero-order valence-electron chi connectivity index (χ0n) is 8.27. The number of aliphatic hydroxyl groups is 1. The van der Waals surface area contributed by atoms with Gasteiger partial charge in [0.15, 0.2) is 0 Å². The van der Waals surface area contributed by atoms with Crippen LogP contribution in [0.1, 0.15) is 52.4 Å². The van der Waals surface area contributed by atoms with Crippen molar-refractivity contribution in [1.29, 1.82) is 0 Å². The molecule has 0 bridgehead atoms. The van der Waals surface area contributed by atoms with Crippen LogP contribution in [0.25, 0.3) is 0 Å². The lowest BCUT2D eigenvalue weighted by molar-refractivity contribution is 0.282. The smallest absolute Gasteiger partial charge is 0.0431 e. The summed E-state index contributed by atoms with van der Waals surface area (Å²) in [5.74, 6) is 0. The van der Waals surface area contributed by atoms with E-state index in [1.165, 1.54) is 32.1 Å².